The van der Waals surface area contributed by atoms with Crippen LogP contribution in [-0.4, -0.2) is 0 Å². The van der Waals surface area contributed by atoms with Crippen LogP contribution in [0.4, 0.5) is 0 Å². The summed E-state index contributed by atoms with van der Waals surface area (Å²) in [5, 5.41) is 0. The van der Waals surface area contributed by atoms with Crippen molar-refractivity contribution < 1.29 is 0 Å². The Hall–Kier alpha value is -1.99. The molecule has 0 bridgehead atoms. The van der Waals surface area contributed by atoms with Crippen molar-refractivity contribution in [2.75, 3.05) is 0 Å². The van der Waals surface area contributed by atoms with Crippen molar-refractivity contribution in [2.45, 2.75) is 73.5 Å². The number of rotatable bonds is 10. The average Bonchev–Trinajstić information content (AvgIpc) is 2.74. The van der Waals surface area contributed by atoms with Crippen LogP contribution in [0, 0.1) is 6.92 Å². The van der Waals surface area contributed by atoms with Gasteiger partial charge in [-0.3, -0.25) is 0 Å². The molecule has 3 aromatic rings. The van der Waals surface area contributed by atoms with Crippen LogP contribution in [0.5, 0.6) is 0 Å². The van der Waals surface area contributed by atoms with E-state index in [4.69, 9.17) is 0 Å². The molecule has 0 aromatic heterocycles. The third-order valence-corrected chi connectivity index (χ3v) is 7.62. The molecule has 0 spiro atoms. The molecule has 0 heterocycles. The summed E-state index contributed by atoms with van der Waals surface area (Å²) in [6, 6.07) is 29.0. The first-order valence-electron chi connectivity index (χ1n) is 10.7. The van der Waals surface area contributed by atoms with Gasteiger partial charge in [0.1, 0.15) is 0 Å². The summed E-state index contributed by atoms with van der Waals surface area (Å²) in [6.07, 6.45) is 9.37. The standard InChI is InChI=1S/C27H33S/c1-3-4-5-6-7-10-15-24-20-21-27(23(2)22-24)28(25-16-11-8-12-17-25)26-18-13-9-14-19-26/h8-9,11-14,16-22H,3-7,10,15H2,1-2H3/q+1. The normalized spacial score (nSPS) is 11.1. The lowest BCUT2D eigenvalue weighted by Crippen LogP contribution is -2.07. The highest BCUT2D eigenvalue weighted by Crippen LogP contribution is 2.33. The summed E-state index contributed by atoms with van der Waals surface area (Å²) in [5.74, 6) is 0. The largest absolute Gasteiger partial charge is 0.169 e. The Bertz CT molecular complexity index is 784. The van der Waals surface area contributed by atoms with Crippen molar-refractivity contribution >= 4 is 10.9 Å². The molecule has 28 heavy (non-hydrogen) atoms. The minimum atomic E-state index is -0.0456. The number of aryl methyl sites for hydroxylation is 2. The molecule has 0 fully saturated rings. The number of hydrogen-bond donors (Lipinski definition) is 0. The Kier molecular flexibility index (Phi) is 8.23. The second-order valence-corrected chi connectivity index (χ2v) is 9.54. The van der Waals surface area contributed by atoms with Crippen molar-refractivity contribution in [3.63, 3.8) is 0 Å². The molecular formula is C27H33S+. The number of hydrogen-bond acceptors (Lipinski definition) is 0. The van der Waals surface area contributed by atoms with E-state index in [0.29, 0.717) is 0 Å². The molecule has 0 aliphatic carbocycles. The van der Waals surface area contributed by atoms with E-state index in [9.17, 15) is 0 Å². The maximum Gasteiger partial charge on any atom is 0.169 e. The van der Waals surface area contributed by atoms with Gasteiger partial charge in [-0.1, -0.05) is 87.6 Å². The van der Waals surface area contributed by atoms with Gasteiger partial charge in [-0.25, -0.2) is 0 Å². The van der Waals surface area contributed by atoms with E-state index in [-0.39, 0.29) is 10.9 Å². The molecule has 1 heteroatoms. The summed E-state index contributed by atoms with van der Waals surface area (Å²) < 4.78 is 0. The van der Waals surface area contributed by atoms with Crippen LogP contribution in [0.15, 0.2) is 93.5 Å². The lowest BCUT2D eigenvalue weighted by atomic mass is 10.0. The Labute approximate surface area is 174 Å². The molecule has 0 unspecified atom stereocenters. The Morgan fingerprint density at radius 2 is 1.21 bits per heavy atom. The fourth-order valence-electron chi connectivity index (χ4n) is 3.71. The van der Waals surface area contributed by atoms with Gasteiger partial charge in [-0.2, -0.15) is 0 Å². The second kappa shape index (κ2) is 11.1. The molecule has 0 atom stereocenters. The van der Waals surface area contributed by atoms with Crippen LogP contribution in [-0.2, 0) is 17.3 Å². The number of unbranched alkanes of at least 4 members (excludes halogenated alkanes) is 5. The molecule has 3 aromatic carbocycles. The molecule has 0 amide bonds. The maximum atomic E-state index is 2.42. The van der Waals surface area contributed by atoms with Gasteiger partial charge < -0.3 is 0 Å². The van der Waals surface area contributed by atoms with Crippen molar-refractivity contribution in [1.82, 2.24) is 0 Å². The van der Waals surface area contributed by atoms with E-state index >= 15 is 0 Å². The smallest absolute Gasteiger partial charge is 0.0654 e. The van der Waals surface area contributed by atoms with Crippen LogP contribution < -0.4 is 0 Å². The summed E-state index contributed by atoms with van der Waals surface area (Å²) >= 11 is 0. The summed E-state index contributed by atoms with van der Waals surface area (Å²) in [5.41, 5.74) is 2.90. The minimum absolute atomic E-state index is 0.0456. The van der Waals surface area contributed by atoms with E-state index < -0.39 is 0 Å². The first-order valence-corrected chi connectivity index (χ1v) is 12.0. The van der Waals surface area contributed by atoms with Crippen molar-refractivity contribution in [3.8, 4) is 0 Å². The molecule has 0 aliphatic rings. The first kappa shape index (κ1) is 20.7. The second-order valence-electron chi connectivity index (χ2n) is 7.55. The Balaban J connectivity index is 1.76. The van der Waals surface area contributed by atoms with Gasteiger partial charge in [0, 0.05) is 5.56 Å². The quantitative estimate of drug-likeness (QED) is 0.243. The summed E-state index contributed by atoms with van der Waals surface area (Å²) in [6.45, 7) is 4.56. The molecule has 0 aliphatic heterocycles. The predicted molar refractivity (Wildman–Crippen MR) is 123 cm³/mol. The Morgan fingerprint density at radius 3 is 1.79 bits per heavy atom. The summed E-state index contributed by atoms with van der Waals surface area (Å²) in [4.78, 5) is 4.23. The highest BCUT2D eigenvalue weighted by atomic mass is 32.2. The SMILES string of the molecule is CCCCCCCCc1ccc([S+](c2ccccc2)c2ccccc2)c(C)c1. The van der Waals surface area contributed by atoms with Crippen LogP contribution >= 0.6 is 0 Å². The molecular weight excluding hydrogens is 356 g/mol. The molecule has 0 N–H and O–H groups in total. The zero-order chi connectivity index (χ0) is 19.6. The predicted octanol–water partition coefficient (Wildman–Crippen LogP) is 7.99. The van der Waals surface area contributed by atoms with E-state index in [1.165, 1.54) is 70.8 Å². The van der Waals surface area contributed by atoms with Gasteiger partial charge in [0.2, 0.25) is 0 Å². The van der Waals surface area contributed by atoms with E-state index in [2.05, 4.69) is 92.7 Å². The van der Waals surface area contributed by atoms with E-state index in [0.717, 1.165) is 0 Å². The lowest BCUT2D eigenvalue weighted by Gasteiger charge is -2.11. The number of benzene rings is 3. The molecule has 146 valence electrons. The van der Waals surface area contributed by atoms with E-state index in [1.807, 2.05) is 0 Å². The van der Waals surface area contributed by atoms with Gasteiger partial charge in [-0.15, -0.1) is 0 Å². The molecule has 3 rings (SSSR count). The van der Waals surface area contributed by atoms with Crippen molar-refractivity contribution in [1.29, 1.82) is 0 Å². The van der Waals surface area contributed by atoms with Crippen molar-refractivity contribution in [2.24, 2.45) is 0 Å². The van der Waals surface area contributed by atoms with Gasteiger partial charge >= 0.3 is 0 Å². The average molecular weight is 390 g/mol. The minimum Gasteiger partial charge on any atom is -0.0654 e. The highest BCUT2D eigenvalue weighted by Gasteiger charge is 2.29. The van der Waals surface area contributed by atoms with Crippen LogP contribution in [0.2, 0.25) is 0 Å². The first-order chi connectivity index (χ1) is 13.8. The zero-order valence-electron chi connectivity index (χ0n) is 17.4. The third kappa shape index (κ3) is 5.75. The van der Waals surface area contributed by atoms with Gasteiger partial charge in [0.05, 0.1) is 10.9 Å². The highest BCUT2D eigenvalue weighted by molar-refractivity contribution is 7.97. The van der Waals surface area contributed by atoms with Gasteiger partial charge in [0.25, 0.3) is 0 Å². The fraction of sp³-hybridized carbons (Fsp3) is 0.333. The maximum absolute atomic E-state index is 2.42. The fourth-order valence-corrected chi connectivity index (χ4v) is 5.93. The molecule has 0 saturated carbocycles. The third-order valence-electron chi connectivity index (χ3n) is 5.24. The van der Waals surface area contributed by atoms with Crippen LogP contribution in [0.1, 0.15) is 56.6 Å². The van der Waals surface area contributed by atoms with Crippen LogP contribution in [0.25, 0.3) is 0 Å². The summed E-state index contributed by atoms with van der Waals surface area (Å²) in [7, 11) is -0.0456. The molecule has 0 radical (unpaired) electrons. The molecule has 0 saturated heterocycles. The van der Waals surface area contributed by atoms with Gasteiger partial charge in [-0.05, 0) is 55.7 Å². The lowest BCUT2D eigenvalue weighted by molar-refractivity contribution is 0.607. The topological polar surface area (TPSA) is 0 Å². The van der Waals surface area contributed by atoms with Crippen molar-refractivity contribution in [3.05, 3.63) is 90.0 Å². The molecule has 0 nitrogen and oxygen atoms in total. The Morgan fingerprint density at radius 1 is 0.643 bits per heavy atom. The monoisotopic (exact) mass is 389 g/mol. The van der Waals surface area contributed by atoms with Crippen LogP contribution in [0.3, 0.4) is 0 Å². The van der Waals surface area contributed by atoms with E-state index in [1.54, 1.807) is 0 Å². The zero-order valence-corrected chi connectivity index (χ0v) is 18.2. The van der Waals surface area contributed by atoms with Gasteiger partial charge in [0.15, 0.2) is 14.7 Å².